The predicted octanol–water partition coefficient (Wildman–Crippen LogP) is 4.74. The molecule has 1 aromatic heterocycles. The van der Waals surface area contributed by atoms with E-state index < -0.39 is 0 Å². The zero-order valence-electron chi connectivity index (χ0n) is 13.9. The fourth-order valence-electron chi connectivity index (χ4n) is 2.28. The average molecular weight is 353 g/mol. The van der Waals surface area contributed by atoms with E-state index in [1.165, 1.54) is 12.4 Å². The second-order valence-electron chi connectivity index (χ2n) is 5.69. The largest absolute Gasteiger partial charge is 0.339 e. The van der Waals surface area contributed by atoms with E-state index in [1.54, 1.807) is 12.1 Å². The van der Waals surface area contributed by atoms with Gasteiger partial charge in [0.15, 0.2) is 0 Å². The summed E-state index contributed by atoms with van der Waals surface area (Å²) in [4.78, 5) is 20.7. The molecular formula is C19H17ClN4O. The van der Waals surface area contributed by atoms with E-state index in [0.29, 0.717) is 10.8 Å². The van der Waals surface area contributed by atoms with Gasteiger partial charge >= 0.3 is 0 Å². The van der Waals surface area contributed by atoms with Crippen LogP contribution in [0.5, 0.6) is 0 Å². The lowest BCUT2D eigenvalue weighted by molar-refractivity contribution is 0.102. The zero-order chi connectivity index (χ0) is 17.8. The number of amides is 1. The second-order valence-corrected chi connectivity index (χ2v) is 6.13. The molecule has 1 heterocycles. The number of rotatable bonds is 4. The minimum atomic E-state index is -0.296. The van der Waals surface area contributed by atoms with Crippen LogP contribution in [0.1, 0.15) is 21.6 Å². The molecule has 0 atom stereocenters. The Kier molecular flexibility index (Phi) is 4.95. The van der Waals surface area contributed by atoms with Gasteiger partial charge in [-0.3, -0.25) is 4.79 Å². The molecule has 0 aliphatic rings. The first-order chi connectivity index (χ1) is 12.0. The monoisotopic (exact) mass is 352 g/mol. The predicted molar refractivity (Wildman–Crippen MR) is 101 cm³/mol. The maximum Gasteiger partial charge on any atom is 0.275 e. The molecule has 0 saturated heterocycles. The Hall–Kier alpha value is -2.92. The van der Waals surface area contributed by atoms with E-state index in [2.05, 4.69) is 20.6 Å². The molecule has 0 unspecified atom stereocenters. The van der Waals surface area contributed by atoms with E-state index in [4.69, 9.17) is 11.6 Å². The first-order valence-electron chi connectivity index (χ1n) is 7.74. The summed E-state index contributed by atoms with van der Waals surface area (Å²) in [5, 5.41) is 6.58. The van der Waals surface area contributed by atoms with Crippen LogP contribution in [-0.4, -0.2) is 15.9 Å². The summed E-state index contributed by atoms with van der Waals surface area (Å²) in [7, 11) is 0. The Labute approximate surface area is 151 Å². The molecule has 2 aromatic carbocycles. The number of hydrogen-bond acceptors (Lipinski definition) is 4. The molecule has 6 heteroatoms. The van der Waals surface area contributed by atoms with Crippen molar-refractivity contribution in [2.75, 3.05) is 10.6 Å². The fraction of sp³-hybridized carbons (Fsp3) is 0.105. The molecule has 0 aliphatic carbocycles. The van der Waals surface area contributed by atoms with Gasteiger partial charge in [0.25, 0.3) is 5.91 Å². The van der Waals surface area contributed by atoms with Gasteiger partial charge in [-0.2, -0.15) is 0 Å². The number of aryl methyl sites for hydroxylation is 2. The summed E-state index contributed by atoms with van der Waals surface area (Å²) in [5.74, 6) is 0.237. The van der Waals surface area contributed by atoms with Gasteiger partial charge in [0, 0.05) is 16.4 Å². The summed E-state index contributed by atoms with van der Waals surface area (Å²) in [6, 6.07) is 13.2. The second kappa shape index (κ2) is 7.32. The van der Waals surface area contributed by atoms with Crippen LogP contribution in [0.25, 0.3) is 0 Å². The van der Waals surface area contributed by atoms with Gasteiger partial charge in [0.2, 0.25) is 0 Å². The molecule has 0 bridgehead atoms. The van der Waals surface area contributed by atoms with E-state index in [0.717, 1.165) is 22.5 Å². The van der Waals surface area contributed by atoms with Crippen molar-refractivity contribution >= 4 is 34.7 Å². The first-order valence-corrected chi connectivity index (χ1v) is 8.12. The molecule has 3 aromatic rings. The highest BCUT2D eigenvalue weighted by Crippen LogP contribution is 2.19. The number of benzene rings is 2. The third-order valence-corrected chi connectivity index (χ3v) is 3.86. The number of hydrogen-bond donors (Lipinski definition) is 2. The van der Waals surface area contributed by atoms with E-state index >= 15 is 0 Å². The molecule has 126 valence electrons. The molecule has 0 radical (unpaired) electrons. The molecule has 0 saturated carbocycles. The van der Waals surface area contributed by atoms with Gasteiger partial charge < -0.3 is 10.6 Å². The molecule has 5 nitrogen and oxygen atoms in total. The van der Waals surface area contributed by atoms with Gasteiger partial charge in [-0.1, -0.05) is 29.8 Å². The lowest BCUT2D eigenvalue weighted by Gasteiger charge is -2.09. The van der Waals surface area contributed by atoms with Gasteiger partial charge in [0.1, 0.15) is 11.5 Å². The van der Waals surface area contributed by atoms with Crippen LogP contribution in [0.15, 0.2) is 54.9 Å². The van der Waals surface area contributed by atoms with Crippen molar-refractivity contribution in [1.82, 2.24) is 9.97 Å². The third-order valence-electron chi connectivity index (χ3n) is 3.62. The Morgan fingerprint density at radius 2 is 1.88 bits per heavy atom. The SMILES string of the molecule is Cc1ccc(C)c(NC(=O)c2cnc(Nc3cccc(Cl)c3)cn2)c1. The number of anilines is 3. The van der Waals surface area contributed by atoms with Crippen molar-refractivity contribution in [3.8, 4) is 0 Å². The molecular weight excluding hydrogens is 336 g/mol. The van der Waals surface area contributed by atoms with Crippen molar-refractivity contribution in [2.45, 2.75) is 13.8 Å². The molecule has 0 aliphatic heterocycles. The molecule has 0 spiro atoms. The smallest absolute Gasteiger partial charge is 0.275 e. The van der Waals surface area contributed by atoms with Crippen molar-refractivity contribution in [2.24, 2.45) is 0 Å². The zero-order valence-corrected chi connectivity index (χ0v) is 14.6. The number of carbonyl (C=O) groups excluding carboxylic acids is 1. The standard InChI is InChI=1S/C19H17ClN4O/c1-12-6-7-13(2)16(8-12)24-19(25)17-10-22-18(11-21-17)23-15-5-3-4-14(20)9-15/h3-11H,1-2H3,(H,22,23)(H,24,25). The minimum absolute atomic E-state index is 0.248. The molecule has 25 heavy (non-hydrogen) atoms. The van der Waals surface area contributed by atoms with Crippen LogP contribution in [0.3, 0.4) is 0 Å². The highest BCUT2D eigenvalue weighted by Gasteiger charge is 2.10. The van der Waals surface area contributed by atoms with Gasteiger partial charge in [0.05, 0.1) is 12.4 Å². The number of aromatic nitrogens is 2. The Balaban J connectivity index is 1.71. The summed E-state index contributed by atoms with van der Waals surface area (Å²) in [6.07, 6.45) is 2.95. The summed E-state index contributed by atoms with van der Waals surface area (Å²) in [5.41, 5.74) is 3.89. The number of nitrogens with one attached hydrogen (secondary N) is 2. The maximum atomic E-state index is 12.3. The van der Waals surface area contributed by atoms with Crippen LogP contribution in [0, 0.1) is 13.8 Å². The lowest BCUT2D eigenvalue weighted by Crippen LogP contribution is -2.15. The van der Waals surface area contributed by atoms with Crippen LogP contribution in [-0.2, 0) is 0 Å². The summed E-state index contributed by atoms with van der Waals surface area (Å²) < 4.78 is 0. The van der Waals surface area contributed by atoms with Crippen molar-refractivity contribution in [3.63, 3.8) is 0 Å². The summed E-state index contributed by atoms with van der Waals surface area (Å²) in [6.45, 7) is 3.92. The first kappa shape index (κ1) is 16.9. The molecule has 0 fully saturated rings. The third kappa shape index (κ3) is 4.33. The van der Waals surface area contributed by atoms with E-state index in [1.807, 2.05) is 44.2 Å². The van der Waals surface area contributed by atoms with Crippen molar-refractivity contribution < 1.29 is 4.79 Å². The average Bonchev–Trinajstić information content (AvgIpc) is 2.59. The topological polar surface area (TPSA) is 66.9 Å². The van der Waals surface area contributed by atoms with Gasteiger partial charge in [-0.25, -0.2) is 9.97 Å². The van der Waals surface area contributed by atoms with Gasteiger partial charge in [-0.05, 0) is 49.2 Å². The number of halogens is 1. The molecule has 2 N–H and O–H groups in total. The number of nitrogens with zero attached hydrogens (tertiary/aromatic N) is 2. The van der Waals surface area contributed by atoms with Crippen molar-refractivity contribution in [1.29, 1.82) is 0 Å². The number of carbonyl (C=O) groups is 1. The fourth-order valence-corrected chi connectivity index (χ4v) is 2.47. The Morgan fingerprint density at radius 3 is 2.60 bits per heavy atom. The van der Waals surface area contributed by atoms with E-state index in [-0.39, 0.29) is 11.6 Å². The minimum Gasteiger partial charge on any atom is -0.339 e. The highest BCUT2D eigenvalue weighted by atomic mass is 35.5. The van der Waals surface area contributed by atoms with Crippen LogP contribution < -0.4 is 10.6 Å². The quantitative estimate of drug-likeness (QED) is 0.711. The molecule has 3 rings (SSSR count). The summed E-state index contributed by atoms with van der Waals surface area (Å²) >= 11 is 5.95. The Morgan fingerprint density at radius 1 is 1.04 bits per heavy atom. The lowest BCUT2D eigenvalue weighted by atomic mass is 10.1. The van der Waals surface area contributed by atoms with Gasteiger partial charge in [-0.15, -0.1) is 0 Å². The van der Waals surface area contributed by atoms with Crippen LogP contribution in [0.2, 0.25) is 5.02 Å². The molecule has 1 amide bonds. The normalized spacial score (nSPS) is 10.4. The van der Waals surface area contributed by atoms with Crippen molar-refractivity contribution in [3.05, 3.63) is 76.7 Å². The highest BCUT2D eigenvalue weighted by molar-refractivity contribution is 6.30. The maximum absolute atomic E-state index is 12.3. The van der Waals surface area contributed by atoms with E-state index in [9.17, 15) is 4.79 Å². The Bertz CT molecular complexity index is 910. The van der Waals surface area contributed by atoms with Crippen LogP contribution >= 0.6 is 11.6 Å². The van der Waals surface area contributed by atoms with Crippen LogP contribution in [0.4, 0.5) is 17.2 Å².